The van der Waals surface area contributed by atoms with Crippen LogP contribution in [-0.4, -0.2) is 37.9 Å². The third kappa shape index (κ3) is 4.81. The SMILES string of the molecule is Cc1c(Nc2nccc3nccnc23)cccc1-c1cccc(-c2nc3cc(CN4CCCC4)cc(Cl)c3o2)c1C. The second-order valence-electron chi connectivity index (χ2n) is 10.6. The molecule has 3 aromatic carbocycles. The van der Waals surface area contributed by atoms with E-state index in [1.54, 1.807) is 18.6 Å². The largest absolute Gasteiger partial charge is 0.434 e. The molecule has 0 unspecified atom stereocenters. The number of rotatable bonds is 6. The predicted molar refractivity (Wildman–Crippen MR) is 164 cm³/mol. The van der Waals surface area contributed by atoms with Gasteiger partial charge < -0.3 is 9.73 Å². The first kappa shape index (κ1) is 25.6. The van der Waals surface area contributed by atoms with Crippen molar-refractivity contribution < 1.29 is 4.42 Å². The van der Waals surface area contributed by atoms with Gasteiger partial charge in [0.25, 0.3) is 0 Å². The smallest absolute Gasteiger partial charge is 0.227 e. The van der Waals surface area contributed by atoms with Gasteiger partial charge in [0.15, 0.2) is 11.4 Å². The van der Waals surface area contributed by atoms with Crippen molar-refractivity contribution in [3.63, 3.8) is 0 Å². The quantitative estimate of drug-likeness (QED) is 0.220. The molecule has 41 heavy (non-hydrogen) atoms. The van der Waals surface area contributed by atoms with Crippen molar-refractivity contribution in [2.45, 2.75) is 33.2 Å². The minimum Gasteiger partial charge on any atom is -0.434 e. The Morgan fingerprint density at radius 2 is 1.59 bits per heavy atom. The summed E-state index contributed by atoms with van der Waals surface area (Å²) in [5.74, 6) is 1.25. The molecule has 1 N–H and O–H groups in total. The second kappa shape index (κ2) is 10.6. The number of pyridine rings is 1. The van der Waals surface area contributed by atoms with Crippen molar-refractivity contribution in [2.24, 2.45) is 0 Å². The molecule has 0 radical (unpaired) electrons. The molecule has 1 saturated heterocycles. The van der Waals surface area contributed by atoms with Crippen LogP contribution in [0.4, 0.5) is 11.5 Å². The third-order valence-corrected chi connectivity index (χ3v) is 8.22. The highest BCUT2D eigenvalue weighted by Gasteiger charge is 2.19. The lowest BCUT2D eigenvalue weighted by Gasteiger charge is -2.16. The number of halogens is 1. The monoisotopic (exact) mass is 560 g/mol. The summed E-state index contributed by atoms with van der Waals surface area (Å²) in [7, 11) is 0. The van der Waals surface area contributed by atoms with Crippen LogP contribution in [0.1, 0.15) is 29.5 Å². The van der Waals surface area contributed by atoms with E-state index < -0.39 is 0 Å². The van der Waals surface area contributed by atoms with E-state index in [2.05, 4.69) is 75.4 Å². The molecule has 0 aliphatic carbocycles. The molecule has 7 rings (SSSR count). The Hall–Kier alpha value is -4.33. The van der Waals surface area contributed by atoms with Gasteiger partial charge in [-0.1, -0.05) is 35.9 Å². The molecule has 1 fully saturated rings. The molecule has 8 heteroatoms. The summed E-state index contributed by atoms with van der Waals surface area (Å²) < 4.78 is 6.27. The van der Waals surface area contributed by atoms with E-state index in [1.807, 2.05) is 18.2 Å². The number of hydrogen-bond acceptors (Lipinski definition) is 7. The normalized spacial score (nSPS) is 13.8. The molecule has 3 aromatic heterocycles. The van der Waals surface area contributed by atoms with Crippen molar-refractivity contribution in [3.8, 4) is 22.6 Å². The van der Waals surface area contributed by atoms with Gasteiger partial charge in [-0.2, -0.15) is 0 Å². The average Bonchev–Trinajstić information content (AvgIpc) is 3.65. The van der Waals surface area contributed by atoms with Crippen molar-refractivity contribution in [2.75, 3.05) is 18.4 Å². The zero-order chi connectivity index (χ0) is 27.9. The molecule has 1 aliphatic rings. The van der Waals surface area contributed by atoms with Crippen LogP contribution in [0.3, 0.4) is 0 Å². The summed E-state index contributed by atoms with van der Waals surface area (Å²) in [4.78, 5) is 20.8. The second-order valence-corrected chi connectivity index (χ2v) is 11.0. The fourth-order valence-electron chi connectivity index (χ4n) is 5.79. The predicted octanol–water partition coefficient (Wildman–Crippen LogP) is 8.11. The maximum atomic E-state index is 6.68. The lowest BCUT2D eigenvalue weighted by atomic mass is 9.93. The van der Waals surface area contributed by atoms with Crippen LogP contribution >= 0.6 is 11.6 Å². The number of nitrogens with one attached hydrogen (secondary N) is 1. The minimum absolute atomic E-state index is 0.574. The fourth-order valence-corrected chi connectivity index (χ4v) is 6.07. The number of aromatic nitrogens is 4. The third-order valence-electron chi connectivity index (χ3n) is 7.94. The lowest BCUT2D eigenvalue weighted by molar-refractivity contribution is 0.331. The Morgan fingerprint density at radius 3 is 2.44 bits per heavy atom. The molecule has 0 amide bonds. The molecule has 204 valence electrons. The van der Waals surface area contributed by atoms with Crippen LogP contribution < -0.4 is 5.32 Å². The van der Waals surface area contributed by atoms with Crippen LogP contribution in [0, 0.1) is 13.8 Å². The van der Waals surface area contributed by atoms with Gasteiger partial charge in [0, 0.05) is 36.4 Å². The van der Waals surface area contributed by atoms with Crippen LogP contribution in [-0.2, 0) is 6.54 Å². The van der Waals surface area contributed by atoms with Crippen molar-refractivity contribution >= 4 is 45.2 Å². The number of nitrogens with zero attached hydrogens (tertiary/aromatic N) is 5. The van der Waals surface area contributed by atoms with E-state index in [-0.39, 0.29) is 0 Å². The lowest BCUT2D eigenvalue weighted by Crippen LogP contribution is -2.18. The number of oxazole rings is 1. The zero-order valence-corrected chi connectivity index (χ0v) is 23.7. The van der Waals surface area contributed by atoms with Gasteiger partial charge in [-0.15, -0.1) is 0 Å². The summed E-state index contributed by atoms with van der Waals surface area (Å²) in [5, 5.41) is 4.09. The summed E-state index contributed by atoms with van der Waals surface area (Å²) >= 11 is 6.68. The highest BCUT2D eigenvalue weighted by molar-refractivity contribution is 6.34. The Kier molecular flexibility index (Phi) is 6.61. The first-order valence-corrected chi connectivity index (χ1v) is 14.3. The first-order valence-electron chi connectivity index (χ1n) is 13.9. The molecule has 7 nitrogen and oxygen atoms in total. The molecular weight excluding hydrogens is 532 g/mol. The van der Waals surface area contributed by atoms with Crippen LogP contribution in [0.15, 0.2) is 77.6 Å². The highest BCUT2D eigenvalue weighted by Crippen LogP contribution is 2.38. The van der Waals surface area contributed by atoms with Gasteiger partial charge in [-0.3, -0.25) is 9.88 Å². The minimum atomic E-state index is 0.574. The topological polar surface area (TPSA) is 80.0 Å². The molecule has 0 bridgehead atoms. The van der Waals surface area contributed by atoms with Gasteiger partial charge in [0.2, 0.25) is 5.89 Å². The van der Waals surface area contributed by atoms with Crippen molar-refractivity contribution in [1.82, 2.24) is 24.8 Å². The summed E-state index contributed by atoms with van der Waals surface area (Å²) in [6, 6.07) is 18.5. The maximum absolute atomic E-state index is 6.68. The maximum Gasteiger partial charge on any atom is 0.227 e. The van der Waals surface area contributed by atoms with E-state index in [9.17, 15) is 0 Å². The van der Waals surface area contributed by atoms with Gasteiger partial charge in [0.1, 0.15) is 11.0 Å². The summed E-state index contributed by atoms with van der Waals surface area (Å²) in [6.07, 6.45) is 7.63. The van der Waals surface area contributed by atoms with Crippen molar-refractivity contribution in [1.29, 1.82) is 0 Å². The van der Waals surface area contributed by atoms with Crippen LogP contribution in [0.25, 0.3) is 44.7 Å². The number of anilines is 2. The first-order chi connectivity index (χ1) is 20.0. The number of benzene rings is 3. The van der Waals surface area contributed by atoms with E-state index in [0.29, 0.717) is 22.3 Å². The molecule has 4 heterocycles. The highest BCUT2D eigenvalue weighted by atomic mass is 35.5. The Morgan fingerprint density at radius 1 is 0.829 bits per heavy atom. The Balaban J connectivity index is 1.24. The summed E-state index contributed by atoms with van der Waals surface area (Å²) in [5.41, 5.74) is 10.4. The molecular formula is C33H29ClN6O. The number of fused-ring (bicyclic) bond motifs is 2. The molecule has 0 saturated carbocycles. The van der Waals surface area contributed by atoms with Gasteiger partial charge in [-0.25, -0.2) is 15.0 Å². The Labute approximate surface area is 243 Å². The van der Waals surface area contributed by atoms with Gasteiger partial charge in [-0.05, 0) is 97.9 Å². The van der Waals surface area contributed by atoms with Crippen molar-refractivity contribution in [3.05, 3.63) is 94.9 Å². The van der Waals surface area contributed by atoms with Gasteiger partial charge in [0.05, 0.1) is 10.5 Å². The standard InChI is InChI=1S/C33H29ClN6O/c1-20-23(24-8-6-10-27(21(24)2)38-32-30-28(11-12-37-32)35-13-14-36-30)7-5-9-25(20)33-39-29-18-22(17-26(34)31(29)41-33)19-40-15-3-4-16-40/h5-14,17-18H,3-4,15-16,19H2,1-2H3,(H,37,38). The van der Waals surface area contributed by atoms with E-state index in [1.165, 1.54) is 18.4 Å². The van der Waals surface area contributed by atoms with Gasteiger partial charge >= 0.3 is 0 Å². The average molecular weight is 561 g/mol. The number of likely N-dealkylation sites (tertiary alicyclic amines) is 1. The van der Waals surface area contributed by atoms with Crippen LogP contribution in [0.5, 0.6) is 0 Å². The molecule has 0 atom stereocenters. The van der Waals surface area contributed by atoms with E-state index in [0.717, 1.165) is 69.7 Å². The Bertz CT molecular complexity index is 1900. The summed E-state index contributed by atoms with van der Waals surface area (Å²) in [6.45, 7) is 7.38. The van der Waals surface area contributed by atoms with E-state index >= 15 is 0 Å². The zero-order valence-electron chi connectivity index (χ0n) is 23.0. The van der Waals surface area contributed by atoms with Crippen LogP contribution in [0.2, 0.25) is 5.02 Å². The molecule has 0 spiro atoms. The fraction of sp³-hybridized carbons (Fsp3) is 0.212. The molecule has 6 aromatic rings. The number of hydrogen-bond donors (Lipinski definition) is 1. The molecule has 1 aliphatic heterocycles. The van der Waals surface area contributed by atoms with E-state index in [4.69, 9.17) is 21.0 Å².